The number of nitrogens with zero attached hydrogens (tertiary/aromatic N) is 4. The summed E-state index contributed by atoms with van der Waals surface area (Å²) < 4.78 is 13.4. The van der Waals surface area contributed by atoms with E-state index in [0.29, 0.717) is 23.1 Å². The lowest BCUT2D eigenvalue weighted by Gasteiger charge is -2.23. The Morgan fingerprint density at radius 2 is 2.09 bits per heavy atom. The Bertz CT molecular complexity index is 988. The number of halogens is 1. The second kappa shape index (κ2) is 10.4. The van der Waals surface area contributed by atoms with E-state index in [1.54, 1.807) is 25.3 Å². The number of carbonyl (C=O) groups excluding carboxylic acids is 1. The predicted octanol–water partition coefficient (Wildman–Crippen LogP) is 4.83. The fourth-order valence-corrected chi connectivity index (χ4v) is 4.77. The number of aromatic nitrogens is 3. The summed E-state index contributed by atoms with van der Waals surface area (Å²) in [5, 5.41) is 9.38. The van der Waals surface area contributed by atoms with Crippen LogP contribution in [0.3, 0.4) is 0 Å². The van der Waals surface area contributed by atoms with Crippen LogP contribution >= 0.6 is 11.6 Å². The van der Waals surface area contributed by atoms with Crippen molar-refractivity contribution in [2.24, 2.45) is 0 Å². The maximum Gasteiger partial charge on any atom is 0.247 e. The van der Waals surface area contributed by atoms with Crippen LogP contribution < -0.4 is 9.47 Å². The van der Waals surface area contributed by atoms with Crippen molar-refractivity contribution in [1.29, 1.82) is 0 Å². The lowest BCUT2D eigenvalue weighted by atomic mass is 10.1. The Balaban J connectivity index is 1.51. The molecule has 1 aromatic carbocycles. The van der Waals surface area contributed by atoms with Gasteiger partial charge in [-0.15, -0.1) is 10.2 Å². The molecular formula is C24H31ClN4O3. The monoisotopic (exact) mass is 458 g/mol. The first kappa shape index (κ1) is 22.6. The second-order valence-electron chi connectivity index (χ2n) is 8.34. The average molecular weight is 459 g/mol. The summed E-state index contributed by atoms with van der Waals surface area (Å²) in [6, 6.07) is 3.61. The normalized spacial score (nSPS) is 18.6. The highest BCUT2D eigenvalue weighted by Gasteiger charge is 2.33. The van der Waals surface area contributed by atoms with E-state index in [9.17, 15) is 4.79 Å². The fourth-order valence-electron chi connectivity index (χ4n) is 4.50. The SMILES string of the molecule is CCCOc1c(Cl)cc(/C=C/C(=O)N2CCCC2c2nnc3n2CCCCC3)cc1OC. The number of ether oxygens (including phenoxy) is 2. The van der Waals surface area contributed by atoms with Gasteiger partial charge in [0, 0.05) is 25.6 Å². The minimum atomic E-state index is -0.0279. The van der Waals surface area contributed by atoms with Crippen molar-refractivity contribution < 1.29 is 14.3 Å². The number of aryl methyl sites for hydroxylation is 1. The largest absolute Gasteiger partial charge is 0.493 e. The van der Waals surface area contributed by atoms with Crippen molar-refractivity contribution in [3.8, 4) is 11.5 Å². The van der Waals surface area contributed by atoms with Gasteiger partial charge in [0.2, 0.25) is 5.91 Å². The van der Waals surface area contributed by atoms with Gasteiger partial charge in [-0.2, -0.15) is 0 Å². The van der Waals surface area contributed by atoms with Gasteiger partial charge in [0.1, 0.15) is 5.82 Å². The van der Waals surface area contributed by atoms with E-state index in [2.05, 4.69) is 14.8 Å². The molecule has 1 aromatic heterocycles. The van der Waals surface area contributed by atoms with Gasteiger partial charge in [-0.3, -0.25) is 4.79 Å². The third kappa shape index (κ3) is 4.77. The summed E-state index contributed by atoms with van der Waals surface area (Å²) in [6.45, 7) is 4.26. The summed E-state index contributed by atoms with van der Waals surface area (Å²) in [4.78, 5) is 15.0. The molecule has 1 saturated heterocycles. The number of methoxy groups -OCH3 is 1. The number of likely N-dealkylation sites (tertiary alicyclic amines) is 1. The molecule has 8 heteroatoms. The smallest absolute Gasteiger partial charge is 0.247 e. The van der Waals surface area contributed by atoms with Crippen LogP contribution in [-0.2, 0) is 17.8 Å². The van der Waals surface area contributed by atoms with Crippen molar-refractivity contribution in [3.63, 3.8) is 0 Å². The van der Waals surface area contributed by atoms with Crippen LogP contribution in [-0.4, -0.2) is 45.8 Å². The minimum absolute atomic E-state index is 0.0190. The maximum absolute atomic E-state index is 13.1. The molecule has 4 rings (SSSR count). The van der Waals surface area contributed by atoms with Crippen LogP contribution in [0.15, 0.2) is 18.2 Å². The molecule has 1 unspecified atom stereocenters. The van der Waals surface area contributed by atoms with Gasteiger partial charge in [-0.05, 0) is 55.9 Å². The van der Waals surface area contributed by atoms with E-state index >= 15 is 0 Å². The highest BCUT2D eigenvalue weighted by atomic mass is 35.5. The fraction of sp³-hybridized carbons (Fsp3) is 0.542. The number of amides is 1. The number of fused-ring (bicyclic) bond motifs is 1. The molecule has 0 radical (unpaired) electrons. The Kier molecular flexibility index (Phi) is 7.35. The zero-order chi connectivity index (χ0) is 22.5. The lowest BCUT2D eigenvalue weighted by molar-refractivity contribution is -0.127. The molecule has 1 amide bonds. The van der Waals surface area contributed by atoms with Gasteiger partial charge in [0.05, 0.1) is 24.8 Å². The molecule has 3 heterocycles. The molecule has 2 aromatic rings. The zero-order valence-corrected chi connectivity index (χ0v) is 19.6. The van der Waals surface area contributed by atoms with Crippen molar-refractivity contribution in [1.82, 2.24) is 19.7 Å². The van der Waals surface area contributed by atoms with Crippen LogP contribution in [0.25, 0.3) is 6.08 Å². The molecule has 1 atom stereocenters. The van der Waals surface area contributed by atoms with Crippen molar-refractivity contribution in [3.05, 3.63) is 40.4 Å². The van der Waals surface area contributed by atoms with E-state index in [0.717, 1.165) is 68.8 Å². The molecule has 0 aliphatic carbocycles. The second-order valence-corrected chi connectivity index (χ2v) is 8.75. The zero-order valence-electron chi connectivity index (χ0n) is 18.8. The summed E-state index contributed by atoms with van der Waals surface area (Å²) >= 11 is 6.41. The third-order valence-corrected chi connectivity index (χ3v) is 6.37. The molecule has 1 fully saturated rings. The topological polar surface area (TPSA) is 69.5 Å². The Morgan fingerprint density at radius 3 is 2.91 bits per heavy atom. The van der Waals surface area contributed by atoms with E-state index in [-0.39, 0.29) is 11.9 Å². The molecular weight excluding hydrogens is 428 g/mol. The Labute approximate surface area is 194 Å². The molecule has 2 aliphatic rings. The van der Waals surface area contributed by atoms with Crippen molar-refractivity contribution in [2.45, 2.75) is 64.5 Å². The van der Waals surface area contributed by atoms with Crippen LogP contribution in [0, 0.1) is 0 Å². The molecule has 32 heavy (non-hydrogen) atoms. The van der Waals surface area contributed by atoms with Crippen molar-refractivity contribution >= 4 is 23.6 Å². The average Bonchev–Trinajstić information content (AvgIpc) is 3.37. The Hall–Kier alpha value is -2.54. The molecule has 0 N–H and O–H groups in total. The highest BCUT2D eigenvalue weighted by Crippen LogP contribution is 2.37. The molecule has 172 valence electrons. The number of rotatable bonds is 7. The van der Waals surface area contributed by atoms with E-state index in [1.807, 2.05) is 17.9 Å². The van der Waals surface area contributed by atoms with E-state index in [4.69, 9.17) is 21.1 Å². The number of carbonyl (C=O) groups is 1. The molecule has 0 spiro atoms. The van der Waals surface area contributed by atoms with Crippen LogP contribution in [0.4, 0.5) is 0 Å². The quantitative estimate of drug-likeness (QED) is 0.555. The lowest BCUT2D eigenvalue weighted by Crippen LogP contribution is -2.30. The van der Waals surface area contributed by atoms with Gasteiger partial charge in [0.15, 0.2) is 17.3 Å². The van der Waals surface area contributed by atoms with Gasteiger partial charge in [0.25, 0.3) is 0 Å². The van der Waals surface area contributed by atoms with Crippen molar-refractivity contribution in [2.75, 3.05) is 20.3 Å². The summed E-state index contributed by atoms with van der Waals surface area (Å²) in [5.74, 6) is 3.05. The first-order valence-electron chi connectivity index (χ1n) is 11.5. The Morgan fingerprint density at radius 1 is 1.22 bits per heavy atom. The standard InChI is InChI=1S/C24H31ClN4O3/c1-3-14-32-23-18(25)15-17(16-20(23)31-2)10-11-22(30)28-13-7-8-19(28)24-27-26-21-9-5-4-6-12-29(21)24/h10-11,15-16,19H,3-9,12-14H2,1-2H3/b11-10+. The van der Waals surface area contributed by atoms with Gasteiger partial charge in [-0.25, -0.2) is 0 Å². The minimum Gasteiger partial charge on any atom is -0.493 e. The first-order chi connectivity index (χ1) is 15.6. The van der Waals surface area contributed by atoms with Crippen LogP contribution in [0.1, 0.15) is 68.7 Å². The van der Waals surface area contributed by atoms with Gasteiger partial charge < -0.3 is 18.9 Å². The van der Waals surface area contributed by atoms with E-state index < -0.39 is 0 Å². The summed E-state index contributed by atoms with van der Waals surface area (Å²) in [5.41, 5.74) is 0.788. The van der Waals surface area contributed by atoms with Crippen LogP contribution in [0.5, 0.6) is 11.5 Å². The third-order valence-electron chi connectivity index (χ3n) is 6.09. The molecule has 0 saturated carbocycles. The summed E-state index contributed by atoms with van der Waals surface area (Å²) in [7, 11) is 1.58. The van der Waals surface area contributed by atoms with Crippen LogP contribution in [0.2, 0.25) is 5.02 Å². The molecule has 0 bridgehead atoms. The van der Waals surface area contributed by atoms with Gasteiger partial charge >= 0.3 is 0 Å². The molecule has 7 nitrogen and oxygen atoms in total. The highest BCUT2D eigenvalue weighted by molar-refractivity contribution is 6.32. The van der Waals surface area contributed by atoms with E-state index in [1.165, 1.54) is 6.42 Å². The molecule has 2 aliphatic heterocycles. The number of hydrogen-bond acceptors (Lipinski definition) is 5. The number of benzene rings is 1. The maximum atomic E-state index is 13.1. The summed E-state index contributed by atoms with van der Waals surface area (Å²) in [6.07, 6.45) is 10.6. The van der Waals surface area contributed by atoms with Gasteiger partial charge in [-0.1, -0.05) is 24.9 Å². The first-order valence-corrected chi connectivity index (χ1v) is 11.9. The number of hydrogen-bond donors (Lipinski definition) is 0. The predicted molar refractivity (Wildman–Crippen MR) is 124 cm³/mol.